The van der Waals surface area contributed by atoms with Gasteiger partial charge in [-0.1, -0.05) is 0 Å². The van der Waals surface area contributed by atoms with Gasteiger partial charge in [0.1, 0.15) is 5.69 Å². The van der Waals surface area contributed by atoms with Crippen molar-refractivity contribution in [1.82, 2.24) is 15.1 Å². The van der Waals surface area contributed by atoms with Crippen molar-refractivity contribution in [2.75, 3.05) is 13.7 Å². The van der Waals surface area contributed by atoms with Gasteiger partial charge >= 0.3 is 5.97 Å². The lowest BCUT2D eigenvalue weighted by Crippen LogP contribution is -2.34. The molecular weight excluding hydrogens is 226 g/mol. The quantitative estimate of drug-likeness (QED) is 0.709. The molecule has 0 saturated carbocycles. The van der Waals surface area contributed by atoms with E-state index < -0.39 is 12.1 Å². The monoisotopic (exact) mass is 241 g/mol. The molecule has 1 heterocycles. The number of carbonyl (C=O) groups excluding carboxylic acids is 1. The van der Waals surface area contributed by atoms with Crippen molar-refractivity contribution in [3.8, 4) is 0 Å². The Hall–Kier alpha value is -1.89. The zero-order valence-corrected chi connectivity index (χ0v) is 9.71. The lowest BCUT2D eigenvalue weighted by molar-refractivity contribution is -0.139. The molecule has 0 bridgehead atoms. The number of carboxylic acids is 1. The summed E-state index contributed by atoms with van der Waals surface area (Å²) in [7, 11) is 3.11. The van der Waals surface area contributed by atoms with Crippen LogP contribution in [0.1, 0.15) is 16.9 Å². The maximum Gasteiger partial charge on any atom is 0.306 e. The third kappa shape index (κ3) is 4.23. The molecule has 0 aliphatic rings. The number of carbonyl (C=O) groups is 2. The largest absolute Gasteiger partial charge is 0.481 e. The summed E-state index contributed by atoms with van der Waals surface area (Å²) in [5.41, 5.74) is 0.290. The Labute approximate surface area is 98.4 Å². The second-order valence-corrected chi connectivity index (χ2v) is 3.54. The number of nitrogens with zero attached hydrogens (tertiary/aromatic N) is 2. The summed E-state index contributed by atoms with van der Waals surface area (Å²) in [6, 6.07) is 1.58. The second kappa shape index (κ2) is 6.00. The molecule has 17 heavy (non-hydrogen) atoms. The topological polar surface area (TPSA) is 93.5 Å². The van der Waals surface area contributed by atoms with Gasteiger partial charge in [-0.25, -0.2) is 0 Å². The standard InChI is InChI=1S/C10H15N3O4/c1-13-4-3-8(12-13)10(16)11-6-7(17-2)5-9(14)15/h3-4,7H,5-6H2,1-2H3,(H,11,16)(H,14,15). The molecule has 1 aromatic rings. The highest BCUT2D eigenvalue weighted by Gasteiger charge is 2.15. The van der Waals surface area contributed by atoms with Gasteiger partial charge in [0.05, 0.1) is 12.5 Å². The fourth-order valence-electron chi connectivity index (χ4n) is 1.27. The molecule has 7 nitrogen and oxygen atoms in total. The number of aryl methyl sites for hydroxylation is 1. The van der Waals surface area contributed by atoms with Crippen molar-refractivity contribution in [2.45, 2.75) is 12.5 Å². The number of hydrogen-bond donors (Lipinski definition) is 2. The fraction of sp³-hybridized carbons (Fsp3) is 0.500. The van der Waals surface area contributed by atoms with Gasteiger partial charge in [0.25, 0.3) is 5.91 Å². The average Bonchev–Trinajstić information content (AvgIpc) is 2.70. The molecule has 94 valence electrons. The number of aromatic nitrogens is 2. The molecule has 0 aliphatic carbocycles. The third-order valence-corrected chi connectivity index (χ3v) is 2.17. The van der Waals surface area contributed by atoms with Crippen molar-refractivity contribution in [3.63, 3.8) is 0 Å². The summed E-state index contributed by atoms with van der Waals surface area (Å²) in [5.74, 6) is -1.32. The lowest BCUT2D eigenvalue weighted by Gasteiger charge is -2.13. The molecule has 1 atom stereocenters. The summed E-state index contributed by atoms with van der Waals surface area (Å²) in [6.45, 7) is 0.137. The van der Waals surface area contributed by atoms with Crippen LogP contribution in [0.3, 0.4) is 0 Å². The number of nitrogens with one attached hydrogen (secondary N) is 1. The van der Waals surface area contributed by atoms with Gasteiger partial charge in [0.15, 0.2) is 0 Å². The highest BCUT2D eigenvalue weighted by atomic mass is 16.5. The summed E-state index contributed by atoms with van der Waals surface area (Å²) < 4.78 is 6.45. The van der Waals surface area contributed by atoms with Crippen molar-refractivity contribution >= 4 is 11.9 Å². The SMILES string of the molecule is COC(CNC(=O)c1ccn(C)n1)CC(=O)O. The molecular formula is C10H15N3O4. The number of amides is 1. The van der Waals surface area contributed by atoms with Gasteiger partial charge in [-0.15, -0.1) is 0 Å². The van der Waals surface area contributed by atoms with E-state index >= 15 is 0 Å². The van der Waals surface area contributed by atoms with Crippen LogP contribution in [0.5, 0.6) is 0 Å². The predicted octanol–water partition coefficient (Wildman–Crippen LogP) is -0.360. The van der Waals surface area contributed by atoms with E-state index in [4.69, 9.17) is 9.84 Å². The van der Waals surface area contributed by atoms with E-state index in [0.29, 0.717) is 0 Å². The Morgan fingerprint density at radius 3 is 2.82 bits per heavy atom. The Bertz CT molecular complexity index is 402. The normalized spacial score (nSPS) is 12.1. The van der Waals surface area contributed by atoms with Gasteiger partial charge in [-0.3, -0.25) is 14.3 Å². The van der Waals surface area contributed by atoms with Crippen LogP contribution in [0.15, 0.2) is 12.3 Å². The lowest BCUT2D eigenvalue weighted by atomic mass is 10.2. The van der Waals surface area contributed by atoms with Gasteiger partial charge in [-0.2, -0.15) is 5.10 Å². The summed E-state index contributed by atoms with van der Waals surface area (Å²) in [5, 5.41) is 15.1. The maximum atomic E-state index is 11.6. The predicted molar refractivity (Wildman–Crippen MR) is 58.6 cm³/mol. The van der Waals surface area contributed by atoms with Crippen LogP contribution in [0.25, 0.3) is 0 Å². The van der Waals surface area contributed by atoms with Gasteiger partial charge < -0.3 is 15.2 Å². The Kier molecular flexibility index (Phi) is 4.65. The molecule has 1 rings (SSSR count). The van der Waals surface area contributed by atoms with Crippen LogP contribution < -0.4 is 5.32 Å². The summed E-state index contributed by atoms with van der Waals surface area (Å²) >= 11 is 0. The van der Waals surface area contributed by atoms with E-state index in [1.54, 1.807) is 19.3 Å². The van der Waals surface area contributed by atoms with Crippen molar-refractivity contribution < 1.29 is 19.4 Å². The maximum absolute atomic E-state index is 11.6. The molecule has 0 aromatic carbocycles. The Morgan fingerprint density at radius 2 is 2.35 bits per heavy atom. The van der Waals surface area contributed by atoms with Gasteiger partial charge in [0.2, 0.25) is 0 Å². The van der Waals surface area contributed by atoms with E-state index in [0.717, 1.165) is 0 Å². The molecule has 0 saturated heterocycles. The Balaban J connectivity index is 2.44. The van der Waals surface area contributed by atoms with Crippen molar-refractivity contribution in [2.24, 2.45) is 7.05 Å². The molecule has 0 spiro atoms. The van der Waals surface area contributed by atoms with Crippen LogP contribution in [0.2, 0.25) is 0 Å². The summed E-state index contributed by atoms with van der Waals surface area (Å²) in [6.07, 6.45) is 0.957. The van der Waals surface area contributed by atoms with E-state index in [2.05, 4.69) is 10.4 Å². The van der Waals surface area contributed by atoms with Crippen LogP contribution in [0.4, 0.5) is 0 Å². The van der Waals surface area contributed by atoms with Crippen LogP contribution in [-0.2, 0) is 16.6 Å². The number of hydrogen-bond acceptors (Lipinski definition) is 4. The molecule has 7 heteroatoms. The first-order valence-electron chi connectivity index (χ1n) is 5.05. The summed E-state index contributed by atoms with van der Waals surface area (Å²) in [4.78, 5) is 22.1. The zero-order chi connectivity index (χ0) is 12.8. The number of rotatable bonds is 6. The molecule has 1 aromatic heterocycles. The highest BCUT2D eigenvalue weighted by molar-refractivity contribution is 5.92. The van der Waals surface area contributed by atoms with Gasteiger partial charge in [-0.05, 0) is 6.07 Å². The van der Waals surface area contributed by atoms with E-state index in [-0.39, 0.29) is 24.6 Å². The van der Waals surface area contributed by atoms with E-state index in [9.17, 15) is 9.59 Å². The Morgan fingerprint density at radius 1 is 1.65 bits per heavy atom. The molecule has 0 aliphatic heterocycles. The minimum absolute atomic E-state index is 0.137. The van der Waals surface area contributed by atoms with Crippen LogP contribution in [-0.4, -0.2) is 46.5 Å². The molecule has 1 amide bonds. The first-order chi connectivity index (χ1) is 8.02. The van der Waals surface area contributed by atoms with Crippen molar-refractivity contribution in [3.05, 3.63) is 18.0 Å². The zero-order valence-electron chi connectivity index (χ0n) is 9.71. The second-order valence-electron chi connectivity index (χ2n) is 3.54. The van der Waals surface area contributed by atoms with E-state index in [1.807, 2.05) is 0 Å². The highest BCUT2D eigenvalue weighted by Crippen LogP contribution is 1.98. The van der Waals surface area contributed by atoms with Crippen LogP contribution in [0, 0.1) is 0 Å². The third-order valence-electron chi connectivity index (χ3n) is 2.17. The smallest absolute Gasteiger partial charge is 0.306 e. The number of ether oxygens (including phenoxy) is 1. The molecule has 0 radical (unpaired) electrons. The molecule has 1 unspecified atom stereocenters. The number of carboxylic acid groups (broad SMARTS) is 1. The van der Waals surface area contributed by atoms with E-state index in [1.165, 1.54) is 11.8 Å². The molecule has 0 fully saturated rings. The van der Waals surface area contributed by atoms with Crippen molar-refractivity contribution in [1.29, 1.82) is 0 Å². The minimum Gasteiger partial charge on any atom is -0.481 e. The fourth-order valence-corrected chi connectivity index (χ4v) is 1.27. The minimum atomic E-state index is -0.969. The van der Waals surface area contributed by atoms with Crippen LogP contribution >= 0.6 is 0 Å². The van der Waals surface area contributed by atoms with Gasteiger partial charge in [0, 0.05) is 26.9 Å². The first kappa shape index (κ1) is 13.2. The number of methoxy groups -OCH3 is 1. The first-order valence-corrected chi connectivity index (χ1v) is 5.05. The number of aliphatic carboxylic acids is 1. The molecule has 2 N–H and O–H groups in total. The average molecular weight is 241 g/mol.